The predicted molar refractivity (Wildman–Crippen MR) is 112 cm³/mol. The first-order chi connectivity index (χ1) is 12.7. The molecular formula is C20H30N4OS. The number of nitrogens with one attached hydrogen (secondary N) is 2. The van der Waals surface area contributed by atoms with Crippen molar-refractivity contribution < 1.29 is 4.79 Å². The standard InChI is InChI=1S/C20H30N4OS/c25-19-10-6-15-24(19)18-9-5-8-17(16-18)22-20(26)21-11-7-14-23-12-3-1-2-4-13-23/h5,8-9,16H,1-4,6-7,10-15H2,(H2,21,22,26). The summed E-state index contributed by atoms with van der Waals surface area (Å²) in [5, 5.41) is 7.18. The molecule has 1 amide bonds. The highest BCUT2D eigenvalue weighted by Gasteiger charge is 2.21. The van der Waals surface area contributed by atoms with Crippen LogP contribution >= 0.6 is 12.2 Å². The van der Waals surface area contributed by atoms with Gasteiger partial charge in [-0.1, -0.05) is 18.9 Å². The number of hydrogen-bond acceptors (Lipinski definition) is 3. The van der Waals surface area contributed by atoms with Crippen molar-refractivity contribution in [2.45, 2.75) is 44.9 Å². The van der Waals surface area contributed by atoms with Crippen LogP contribution in [0.15, 0.2) is 24.3 Å². The van der Waals surface area contributed by atoms with Gasteiger partial charge in [-0.3, -0.25) is 4.79 Å². The van der Waals surface area contributed by atoms with E-state index in [9.17, 15) is 4.79 Å². The normalized spacial score (nSPS) is 18.6. The van der Waals surface area contributed by atoms with Crippen molar-refractivity contribution in [2.75, 3.05) is 42.9 Å². The second kappa shape index (κ2) is 9.88. The fourth-order valence-electron chi connectivity index (χ4n) is 3.71. The highest BCUT2D eigenvalue weighted by Crippen LogP contribution is 2.24. The van der Waals surface area contributed by atoms with Crippen LogP contribution in [0.5, 0.6) is 0 Å². The van der Waals surface area contributed by atoms with Crippen molar-refractivity contribution in [2.24, 2.45) is 0 Å². The maximum Gasteiger partial charge on any atom is 0.227 e. The first-order valence-electron chi connectivity index (χ1n) is 9.90. The summed E-state index contributed by atoms with van der Waals surface area (Å²) < 4.78 is 0. The highest BCUT2D eigenvalue weighted by molar-refractivity contribution is 7.80. The number of carbonyl (C=O) groups is 1. The van der Waals surface area contributed by atoms with Crippen LogP contribution in [0.25, 0.3) is 0 Å². The Hall–Kier alpha value is -1.66. The van der Waals surface area contributed by atoms with Gasteiger partial charge in [0.1, 0.15) is 0 Å². The van der Waals surface area contributed by atoms with Crippen molar-refractivity contribution in [3.63, 3.8) is 0 Å². The number of hydrogen-bond donors (Lipinski definition) is 2. The van der Waals surface area contributed by atoms with Gasteiger partial charge in [0.25, 0.3) is 0 Å². The van der Waals surface area contributed by atoms with Crippen LogP contribution in [0.2, 0.25) is 0 Å². The SMILES string of the molecule is O=C1CCCN1c1cccc(NC(=S)NCCCN2CCCCCC2)c1. The minimum absolute atomic E-state index is 0.205. The molecule has 1 aromatic carbocycles. The molecular weight excluding hydrogens is 344 g/mol. The van der Waals surface area contributed by atoms with Gasteiger partial charge in [0, 0.05) is 30.9 Å². The Kier molecular flexibility index (Phi) is 7.26. The molecule has 0 unspecified atom stereocenters. The lowest BCUT2D eigenvalue weighted by Gasteiger charge is -2.20. The van der Waals surface area contributed by atoms with Gasteiger partial charge in [0.05, 0.1) is 0 Å². The number of benzene rings is 1. The smallest absolute Gasteiger partial charge is 0.227 e. The molecule has 26 heavy (non-hydrogen) atoms. The molecule has 0 spiro atoms. The van der Waals surface area contributed by atoms with E-state index in [2.05, 4.69) is 15.5 Å². The topological polar surface area (TPSA) is 47.6 Å². The number of rotatable bonds is 6. The van der Waals surface area contributed by atoms with E-state index in [-0.39, 0.29) is 5.91 Å². The number of carbonyl (C=O) groups excluding carboxylic acids is 1. The second-order valence-electron chi connectivity index (χ2n) is 7.19. The lowest BCUT2D eigenvalue weighted by molar-refractivity contribution is -0.117. The van der Waals surface area contributed by atoms with Gasteiger partial charge < -0.3 is 20.4 Å². The zero-order valence-corrected chi connectivity index (χ0v) is 16.3. The maximum atomic E-state index is 11.9. The first kappa shape index (κ1) is 19.1. The third-order valence-electron chi connectivity index (χ3n) is 5.12. The Labute approximate surface area is 162 Å². The van der Waals surface area contributed by atoms with Gasteiger partial charge in [0.15, 0.2) is 5.11 Å². The average molecular weight is 375 g/mol. The molecule has 5 nitrogen and oxygen atoms in total. The summed E-state index contributed by atoms with van der Waals surface area (Å²) in [7, 11) is 0. The molecule has 2 aliphatic heterocycles. The number of amides is 1. The van der Waals surface area contributed by atoms with E-state index in [1.54, 1.807) is 0 Å². The van der Waals surface area contributed by atoms with E-state index in [0.717, 1.165) is 43.9 Å². The third kappa shape index (κ3) is 5.68. The van der Waals surface area contributed by atoms with E-state index in [0.29, 0.717) is 11.5 Å². The van der Waals surface area contributed by atoms with Crippen molar-refractivity contribution >= 4 is 34.6 Å². The van der Waals surface area contributed by atoms with Crippen LogP contribution in [0, 0.1) is 0 Å². The molecule has 2 saturated heterocycles. The van der Waals surface area contributed by atoms with E-state index < -0.39 is 0 Å². The fourth-order valence-corrected chi connectivity index (χ4v) is 3.93. The molecule has 2 N–H and O–H groups in total. The summed E-state index contributed by atoms with van der Waals surface area (Å²) in [6.45, 7) is 5.31. The Morgan fingerprint density at radius 3 is 2.62 bits per heavy atom. The van der Waals surface area contributed by atoms with E-state index in [4.69, 9.17) is 12.2 Å². The molecule has 3 rings (SSSR count). The molecule has 1 aromatic rings. The Bertz CT molecular complexity index is 614. The molecule has 0 aromatic heterocycles. The summed E-state index contributed by atoms with van der Waals surface area (Å²) in [6, 6.07) is 7.92. The van der Waals surface area contributed by atoms with Gasteiger partial charge in [-0.25, -0.2) is 0 Å². The van der Waals surface area contributed by atoms with Crippen molar-refractivity contribution in [3.8, 4) is 0 Å². The molecule has 142 valence electrons. The summed E-state index contributed by atoms with van der Waals surface area (Å²) in [4.78, 5) is 16.3. The molecule has 0 atom stereocenters. The number of likely N-dealkylation sites (tertiary alicyclic amines) is 1. The Balaban J connectivity index is 1.40. The highest BCUT2D eigenvalue weighted by atomic mass is 32.1. The van der Waals surface area contributed by atoms with E-state index >= 15 is 0 Å². The average Bonchev–Trinajstić information content (AvgIpc) is 2.90. The lowest BCUT2D eigenvalue weighted by atomic mass is 10.2. The minimum atomic E-state index is 0.205. The van der Waals surface area contributed by atoms with Gasteiger partial charge in [-0.05, 0) is 75.7 Å². The zero-order chi connectivity index (χ0) is 18.2. The van der Waals surface area contributed by atoms with Crippen LogP contribution in [0.3, 0.4) is 0 Å². The molecule has 2 heterocycles. The number of nitrogens with zero attached hydrogens (tertiary/aromatic N) is 2. The Morgan fingerprint density at radius 2 is 1.88 bits per heavy atom. The van der Waals surface area contributed by atoms with E-state index in [1.807, 2.05) is 29.2 Å². The van der Waals surface area contributed by atoms with E-state index in [1.165, 1.54) is 38.8 Å². The molecule has 0 saturated carbocycles. The molecule has 0 aliphatic carbocycles. The monoisotopic (exact) mass is 374 g/mol. The zero-order valence-electron chi connectivity index (χ0n) is 15.5. The predicted octanol–water partition coefficient (Wildman–Crippen LogP) is 3.37. The summed E-state index contributed by atoms with van der Waals surface area (Å²) in [5.74, 6) is 0.205. The quantitative estimate of drug-likeness (QED) is 0.591. The van der Waals surface area contributed by atoms with Gasteiger partial charge in [-0.15, -0.1) is 0 Å². The molecule has 2 aliphatic rings. The van der Waals surface area contributed by atoms with Crippen LogP contribution < -0.4 is 15.5 Å². The van der Waals surface area contributed by atoms with Gasteiger partial charge in [0.2, 0.25) is 5.91 Å². The van der Waals surface area contributed by atoms with Crippen molar-refractivity contribution in [3.05, 3.63) is 24.3 Å². The maximum absolute atomic E-state index is 11.9. The van der Waals surface area contributed by atoms with Gasteiger partial charge >= 0.3 is 0 Å². The lowest BCUT2D eigenvalue weighted by Crippen LogP contribution is -2.32. The van der Waals surface area contributed by atoms with Gasteiger partial charge in [-0.2, -0.15) is 0 Å². The van der Waals surface area contributed by atoms with Crippen molar-refractivity contribution in [1.82, 2.24) is 10.2 Å². The molecule has 2 fully saturated rings. The largest absolute Gasteiger partial charge is 0.362 e. The molecule has 6 heteroatoms. The molecule has 0 radical (unpaired) electrons. The Morgan fingerprint density at radius 1 is 1.08 bits per heavy atom. The second-order valence-corrected chi connectivity index (χ2v) is 7.60. The van der Waals surface area contributed by atoms with Crippen LogP contribution in [-0.4, -0.2) is 48.6 Å². The third-order valence-corrected chi connectivity index (χ3v) is 5.37. The number of anilines is 2. The summed E-state index contributed by atoms with van der Waals surface area (Å²) >= 11 is 5.41. The van der Waals surface area contributed by atoms with Crippen LogP contribution in [-0.2, 0) is 4.79 Å². The first-order valence-corrected chi connectivity index (χ1v) is 10.3. The molecule has 0 bridgehead atoms. The number of thiocarbonyl (C=S) groups is 1. The van der Waals surface area contributed by atoms with Crippen LogP contribution in [0.1, 0.15) is 44.9 Å². The van der Waals surface area contributed by atoms with Crippen LogP contribution in [0.4, 0.5) is 11.4 Å². The minimum Gasteiger partial charge on any atom is -0.362 e. The summed E-state index contributed by atoms with van der Waals surface area (Å²) in [6.07, 6.45) is 8.12. The van der Waals surface area contributed by atoms with Crippen molar-refractivity contribution in [1.29, 1.82) is 0 Å². The summed E-state index contributed by atoms with van der Waals surface area (Å²) in [5.41, 5.74) is 1.87. The fraction of sp³-hybridized carbons (Fsp3) is 0.600.